The van der Waals surface area contributed by atoms with Gasteiger partial charge in [-0.3, -0.25) is 0 Å². The summed E-state index contributed by atoms with van der Waals surface area (Å²) in [6.45, 7) is 13.4. The Hall–Kier alpha value is -1.12. The summed E-state index contributed by atoms with van der Waals surface area (Å²) in [5.41, 5.74) is -10.4. The number of alkyl halides is 7. The molecule has 2 aliphatic carbocycles. The van der Waals surface area contributed by atoms with Gasteiger partial charge in [-0.2, -0.15) is 26.3 Å². The molecule has 0 aromatic heterocycles. The van der Waals surface area contributed by atoms with Crippen molar-refractivity contribution in [1.82, 2.24) is 0 Å². The number of halogens is 7. The minimum Gasteiger partial charge on any atom is -0.429 e. The second kappa shape index (κ2) is 11.7. The minimum atomic E-state index is -6.19. The second-order valence-corrected chi connectivity index (χ2v) is 12.4. The fourth-order valence-corrected chi connectivity index (χ4v) is 6.66. The van der Waals surface area contributed by atoms with Gasteiger partial charge in [0.25, 0.3) is 0 Å². The molecule has 3 atom stereocenters. The lowest BCUT2D eigenvalue weighted by molar-refractivity contribution is -0.408. The Bertz CT molecular complexity index is 694. The molecule has 0 aromatic carbocycles. The summed E-state index contributed by atoms with van der Waals surface area (Å²) in [5.74, 6) is -2.08. The highest BCUT2D eigenvalue weighted by atomic mass is 28.4. The van der Waals surface area contributed by atoms with E-state index < -0.39 is 62.4 Å². The van der Waals surface area contributed by atoms with E-state index in [1.807, 2.05) is 27.3 Å². The highest BCUT2D eigenvalue weighted by Gasteiger charge is 2.87. The summed E-state index contributed by atoms with van der Waals surface area (Å²) in [7, 11) is -2.25. The fourth-order valence-electron chi connectivity index (χ4n) is 4.83. The molecule has 2 aliphatic rings. The van der Waals surface area contributed by atoms with Crippen LogP contribution >= 0.6 is 0 Å². The van der Waals surface area contributed by atoms with Gasteiger partial charge in [-0.05, 0) is 79.1 Å². The molecule has 0 amide bonds. The minimum absolute atomic E-state index is 0.0952. The van der Waals surface area contributed by atoms with Crippen LogP contribution in [-0.4, -0.2) is 64.0 Å². The summed E-state index contributed by atoms with van der Waals surface area (Å²) in [6, 6.07) is 0. The molecule has 0 saturated heterocycles. The van der Waals surface area contributed by atoms with E-state index >= 15 is 4.39 Å². The van der Waals surface area contributed by atoms with Gasteiger partial charge in [-0.15, -0.1) is 0 Å². The molecule has 0 aliphatic heterocycles. The van der Waals surface area contributed by atoms with Crippen LogP contribution in [0.25, 0.3) is 0 Å². The topological polar surface area (TPSA) is 63.2 Å². The van der Waals surface area contributed by atoms with Crippen molar-refractivity contribution >= 4 is 15.0 Å². The zero-order valence-corrected chi connectivity index (χ0v) is 22.7. The normalized spacial score (nSPS) is 24.8. The number of ether oxygens (including phenoxy) is 2. The highest BCUT2D eigenvalue weighted by molar-refractivity contribution is 6.59. The second-order valence-electron chi connectivity index (χ2n) is 9.85. The molecule has 36 heavy (non-hydrogen) atoms. The summed E-state index contributed by atoms with van der Waals surface area (Å²) in [4.78, 5) is 11.7. The summed E-state index contributed by atoms with van der Waals surface area (Å²) >= 11 is 0. The molecular formula is C22H37F7O6Si. The zero-order valence-electron chi connectivity index (χ0n) is 21.7. The van der Waals surface area contributed by atoms with E-state index in [0.29, 0.717) is 26.2 Å². The number of carbonyl (C=O) groups excluding carboxylic acids is 1. The Morgan fingerprint density at radius 3 is 1.58 bits per heavy atom. The Morgan fingerprint density at radius 1 is 0.861 bits per heavy atom. The van der Waals surface area contributed by atoms with Crippen molar-refractivity contribution in [2.75, 3.05) is 19.8 Å². The van der Waals surface area contributed by atoms with E-state index in [-0.39, 0.29) is 12.8 Å². The van der Waals surface area contributed by atoms with E-state index in [1.54, 1.807) is 0 Å². The van der Waals surface area contributed by atoms with E-state index in [4.69, 9.17) is 13.3 Å². The Morgan fingerprint density at radius 2 is 1.31 bits per heavy atom. The lowest BCUT2D eigenvalue weighted by atomic mass is 9.72. The maximum absolute atomic E-state index is 15.3. The van der Waals surface area contributed by atoms with E-state index in [2.05, 4.69) is 9.47 Å². The van der Waals surface area contributed by atoms with Gasteiger partial charge < -0.3 is 22.8 Å². The lowest BCUT2D eigenvalue weighted by Gasteiger charge is -2.47. The number of hydrogen-bond donors (Lipinski definition) is 0. The monoisotopic (exact) mass is 558 g/mol. The molecule has 2 rings (SSSR count). The summed E-state index contributed by atoms with van der Waals surface area (Å²) in [5, 5.41) is 0. The van der Waals surface area contributed by atoms with Gasteiger partial charge in [0.1, 0.15) is 5.60 Å². The first kappa shape index (κ1) is 32.9. The van der Waals surface area contributed by atoms with Crippen LogP contribution in [0.5, 0.6) is 0 Å². The first-order valence-corrected chi connectivity index (χ1v) is 14.1. The van der Waals surface area contributed by atoms with Crippen LogP contribution < -0.4 is 0 Å². The number of carbonyl (C=O) groups is 1. The van der Waals surface area contributed by atoms with Crippen LogP contribution in [0.15, 0.2) is 0 Å². The average Bonchev–Trinajstić information content (AvgIpc) is 3.24. The standard InChI is InChI=1S/C15H19F7O3.C7H18O3Si/c1-11(2,3)24-10(23)25-13(14(17,18)19,15(20,21)22)12(16)7-8-4-5-9(12)6-8;1-5-8-11(4,9-6-2)10-7-3/h8-9H,4-7H2,1-3H3;5-7H2,1-4H3. The van der Waals surface area contributed by atoms with Crippen molar-refractivity contribution in [2.24, 2.45) is 11.8 Å². The first-order chi connectivity index (χ1) is 16.2. The van der Waals surface area contributed by atoms with Gasteiger partial charge in [0.05, 0.1) is 0 Å². The Kier molecular flexibility index (Phi) is 10.7. The predicted octanol–water partition coefficient (Wildman–Crippen LogP) is 6.99. The van der Waals surface area contributed by atoms with Crippen molar-refractivity contribution in [3.63, 3.8) is 0 Å². The van der Waals surface area contributed by atoms with Crippen LogP contribution in [0.1, 0.15) is 67.2 Å². The number of rotatable bonds is 8. The molecule has 14 heteroatoms. The molecule has 0 radical (unpaired) electrons. The third-order valence-corrected chi connectivity index (χ3v) is 8.44. The molecule has 0 heterocycles. The third-order valence-electron chi connectivity index (χ3n) is 6.00. The maximum atomic E-state index is 15.3. The van der Waals surface area contributed by atoms with Gasteiger partial charge in [0.2, 0.25) is 0 Å². The van der Waals surface area contributed by atoms with Gasteiger partial charge >= 0.3 is 32.9 Å². The molecule has 0 N–H and O–H groups in total. The SMILES string of the molecule is CC(C)(C)OC(=O)OC(C(F)(F)F)(C(F)(F)F)C1(F)CC2CCC1C2.CCO[Si](C)(OCC)OCC. The van der Waals surface area contributed by atoms with Gasteiger partial charge in [0, 0.05) is 26.4 Å². The average molecular weight is 559 g/mol. The van der Waals surface area contributed by atoms with E-state index in [0.717, 1.165) is 0 Å². The van der Waals surface area contributed by atoms with Crippen molar-refractivity contribution in [1.29, 1.82) is 0 Å². The number of fused-ring (bicyclic) bond motifs is 2. The molecule has 6 nitrogen and oxygen atoms in total. The van der Waals surface area contributed by atoms with Crippen LogP contribution in [0.3, 0.4) is 0 Å². The Labute approximate surface area is 208 Å². The van der Waals surface area contributed by atoms with Crippen molar-refractivity contribution in [3.8, 4) is 0 Å². The van der Waals surface area contributed by atoms with Gasteiger partial charge in [-0.1, -0.05) is 0 Å². The summed E-state index contributed by atoms with van der Waals surface area (Å²) in [6.07, 6.45) is -15.4. The molecule has 3 unspecified atom stereocenters. The first-order valence-electron chi connectivity index (χ1n) is 11.9. The van der Waals surface area contributed by atoms with Gasteiger partial charge in [0.15, 0.2) is 5.67 Å². The predicted molar refractivity (Wildman–Crippen MR) is 118 cm³/mol. The van der Waals surface area contributed by atoms with E-state index in [1.165, 1.54) is 20.8 Å². The molecule has 2 fully saturated rings. The molecule has 0 spiro atoms. The van der Waals surface area contributed by atoms with Crippen molar-refractivity contribution < 1.29 is 58.3 Å². The van der Waals surface area contributed by atoms with Crippen LogP contribution in [0, 0.1) is 11.8 Å². The molecule has 0 aromatic rings. The van der Waals surface area contributed by atoms with Crippen LogP contribution in [-0.2, 0) is 22.8 Å². The van der Waals surface area contributed by atoms with Crippen molar-refractivity contribution in [3.05, 3.63) is 0 Å². The third kappa shape index (κ3) is 7.25. The highest BCUT2D eigenvalue weighted by Crippen LogP contribution is 2.65. The molecule has 2 saturated carbocycles. The molecule has 214 valence electrons. The number of hydrogen-bond acceptors (Lipinski definition) is 6. The maximum Gasteiger partial charge on any atom is 0.510 e. The smallest absolute Gasteiger partial charge is 0.429 e. The Balaban J connectivity index is 0.000000497. The quantitative estimate of drug-likeness (QED) is 0.182. The largest absolute Gasteiger partial charge is 0.510 e. The van der Waals surface area contributed by atoms with Crippen LogP contribution in [0.4, 0.5) is 35.5 Å². The fraction of sp³-hybridized carbons (Fsp3) is 0.955. The zero-order chi connectivity index (χ0) is 28.2. The molecular weight excluding hydrogens is 521 g/mol. The van der Waals surface area contributed by atoms with Gasteiger partial charge in [-0.25, -0.2) is 9.18 Å². The summed E-state index contributed by atoms with van der Waals surface area (Å²) < 4.78 is 121. The van der Waals surface area contributed by atoms with Crippen LogP contribution in [0.2, 0.25) is 6.55 Å². The van der Waals surface area contributed by atoms with Crippen molar-refractivity contribution in [2.45, 2.75) is 103 Å². The lowest BCUT2D eigenvalue weighted by Crippen LogP contribution is -2.72. The molecule has 2 bridgehead atoms. The van der Waals surface area contributed by atoms with E-state index in [9.17, 15) is 31.1 Å².